The Morgan fingerprint density at radius 1 is 1.52 bits per heavy atom. The molecule has 0 bridgehead atoms. The predicted molar refractivity (Wildman–Crippen MR) is 77.3 cm³/mol. The maximum atomic E-state index is 11.2. The van der Waals surface area contributed by atoms with Crippen LogP contribution in [0.3, 0.4) is 0 Å². The lowest BCUT2D eigenvalue weighted by atomic mass is 10.1. The van der Waals surface area contributed by atoms with E-state index >= 15 is 0 Å². The van der Waals surface area contributed by atoms with Crippen molar-refractivity contribution < 1.29 is 14.8 Å². The Morgan fingerprint density at radius 3 is 2.67 bits per heavy atom. The smallest absolute Gasteiger partial charge is 0.335 e. The molecule has 0 saturated heterocycles. The van der Waals surface area contributed by atoms with Gasteiger partial charge in [0.1, 0.15) is 5.69 Å². The van der Waals surface area contributed by atoms with Gasteiger partial charge >= 0.3 is 5.97 Å². The third-order valence-corrected chi connectivity index (χ3v) is 2.84. The van der Waals surface area contributed by atoms with Crippen LogP contribution in [0.15, 0.2) is 18.2 Å². The number of aromatic carboxylic acids is 1. The molecule has 0 radical (unpaired) electrons. The second-order valence-corrected chi connectivity index (χ2v) is 5.01. The van der Waals surface area contributed by atoms with Crippen LogP contribution in [0.1, 0.15) is 30.6 Å². The first kappa shape index (κ1) is 16.4. The molecule has 0 atom stereocenters. The highest BCUT2D eigenvalue weighted by Gasteiger charge is 2.22. The van der Waals surface area contributed by atoms with Crippen LogP contribution in [0.4, 0.5) is 11.4 Å². The first-order chi connectivity index (χ1) is 9.86. The normalized spacial score (nSPS) is 10.2. The fourth-order valence-corrected chi connectivity index (χ4v) is 2.01. The summed E-state index contributed by atoms with van der Waals surface area (Å²) in [6.45, 7) is 4.85. The largest absolute Gasteiger partial charge is 0.478 e. The summed E-state index contributed by atoms with van der Waals surface area (Å²) in [5.74, 6) is -0.959. The molecule has 0 fully saturated rings. The van der Waals surface area contributed by atoms with Gasteiger partial charge in [-0.2, -0.15) is 5.26 Å². The van der Waals surface area contributed by atoms with Gasteiger partial charge in [0.2, 0.25) is 0 Å². The number of benzene rings is 1. The van der Waals surface area contributed by atoms with Gasteiger partial charge in [0, 0.05) is 19.2 Å². The fraction of sp³-hybridized carbons (Fsp3) is 0.429. The Hall–Kier alpha value is -2.62. The highest BCUT2D eigenvalue weighted by molar-refractivity contribution is 5.89. The van der Waals surface area contributed by atoms with Crippen molar-refractivity contribution in [1.82, 2.24) is 0 Å². The number of nitro benzene ring substituents is 1. The van der Waals surface area contributed by atoms with Gasteiger partial charge in [0.25, 0.3) is 5.69 Å². The summed E-state index contributed by atoms with van der Waals surface area (Å²) in [5, 5.41) is 28.8. The lowest BCUT2D eigenvalue weighted by molar-refractivity contribution is -0.384. The number of nitrogens with zero attached hydrogens (tertiary/aromatic N) is 3. The summed E-state index contributed by atoms with van der Waals surface area (Å²) >= 11 is 0. The van der Waals surface area contributed by atoms with Crippen LogP contribution in [0.2, 0.25) is 0 Å². The van der Waals surface area contributed by atoms with Crippen molar-refractivity contribution >= 4 is 17.3 Å². The molecule has 0 spiro atoms. The van der Waals surface area contributed by atoms with E-state index in [4.69, 9.17) is 10.4 Å². The molecule has 1 aromatic carbocycles. The van der Waals surface area contributed by atoms with Gasteiger partial charge in [0.05, 0.1) is 23.0 Å². The minimum absolute atomic E-state index is 0.129. The van der Waals surface area contributed by atoms with E-state index in [1.54, 1.807) is 4.90 Å². The molecule has 1 N–H and O–H groups in total. The number of carbonyl (C=O) groups is 1. The van der Waals surface area contributed by atoms with E-state index in [0.29, 0.717) is 18.8 Å². The van der Waals surface area contributed by atoms with Crippen molar-refractivity contribution in [3.63, 3.8) is 0 Å². The van der Waals surface area contributed by atoms with Crippen LogP contribution in [0.25, 0.3) is 0 Å². The highest BCUT2D eigenvalue weighted by atomic mass is 16.6. The molecule has 0 heterocycles. The average molecular weight is 291 g/mol. The van der Waals surface area contributed by atoms with Crippen molar-refractivity contribution in [2.24, 2.45) is 5.92 Å². The summed E-state index contributed by atoms with van der Waals surface area (Å²) in [6, 6.07) is 5.84. The SMILES string of the molecule is CC(C)CN(CCC#N)c1ccc(C(=O)O)cc1[N+](=O)[O-]. The molecular formula is C14H17N3O4. The molecule has 112 valence electrons. The molecule has 21 heavy (non-hydrogen) atoms. The minimum Gasteiger partial charge on any atom is -0.478 e. The molecular weight excluding hydrogens is 274 g/mol. The Labute approximate surface area is 122 Å². The molecule has 0 aliphatic carbocycles. The zero-order valence-electron chi connectivity index (χ0n) is 11.9. The molecule has 0 aliphatic rings. The van der Waals surface area contributed by atoms with Crippen LogP contribution < -0.4 is 4.90 Å². The Morgan fingerprint density at radius 2 is 2.19 bits per heavy atom. The Kier molecular flexibility index (Phi) is 5.67. The number of hydrogen-bond donors (Lipinski definition) is 1. The number of carboxylic acids is 1. The highest BCUT2D eigenvalue weighted by Crippen LogP contribution is 2.30. The molecule has 1 aromatic rings. The number of nitriles is 1. The van der Waals surface area contributed by atoms with Gasteiger partial charge < -0.3 is 10.0 Å². The second kappa shape index (κ2) is 7.24. The fourth-order valence-electron chi connectivity index (χ4n) is 2.01. The molecule has 7 nitrogen and oxygen atoms in total. The zero-order valence-corrected chi connectivity index (χ0v) is 11.9. The molecule has 0 aliphatic heterocycles. The Balaban J connectivity index is 3.25. The topological polar surface area (TPSA) is 107 Å². The standard InChI is InChI=1S/C14H17N3O4/c1-10(2)9-16(7-3-6-15)12-5-4-11(14(18)19)8-13(12)17(20)21/h4-5,8,10H,3,7,9H2,1-2H3,(H,18,19). The van der Waals surface area contributed by atoms with Crippen molar-refractivity contribution in [2.75, 3.05) is 18.0 Å². The van der Waals surface area contributed by atoms with Crippen molar-refractivity contribution in [3.8, 4) is 6.07 Å². The van der Waals surface area contributed by atoms with Gasteiger partial charge in [-0.05, 0) is 18.1 Å². The predicted octanol–water partition coefficient (Wildman–Crippen LogP) is 2.67. The van der Waals surface area contributed by atoms with E-state index in [0.717, 1.165) is 6.07 Å². The molecule has 0 saturated carbocycles. The third-order valence-electron chi connectivity index (χ3n) is 2.84. The van der Waals surface area contributed by atoms with E-state index in [1.807, 2.05) is 19.9 Å². The van der Waals surface area contributed by atoms with E-state index in [-0.39, 0.29) is 23.6 Å². The second-order valence-electron chi connectivity index (χ2n) is 5.01. The maximum Gasteiger partial charge on any atom is 0.335 e. The summed E-state index contributed by atoms with van der Waals surface area (Å²) in [7, 11) is 0. The van der Waals surface area contributed by atoms with E-state index in [2.05, 4.69) is 0 Å². The van der Waals surface area contributed by atoms with Gasteiger partial charge in [-0.25, -0.2) is 4.79 Å². The monoisotopic (exact) mass is 291 g/mol. The van der Waals surface area contributed by atoms with Crippen LogP contribution in [-0.2, 0) is 0 Å². The number of anilines is 1. The van der Waals surface area contributed by atoms with Crippen LogP contribution in [-0.4, -0.2) is 29.1 Å². The first-order valence-electron chi connectivity index (χ1n) is 6.50. The van der Waals surface area contributed by atoms with Crippen molar-refractivity contribution in [1.29, 1.82) is 5.26 Å². The van der Waals surface area contributed by atoms with Gasteiger partial charge in [0.15, 0.2) is 0 Å². The van der Waals surface area contributed by atoms with Gasteiger partial charge in [-0.3, -0.25) is 10.1 Å². The quantitative estimate of drug-likeness (QED) is 0.611. The van der Waals surface area contributed by atoms with E-state index in [9.17, 15) is 14.9 Å². The molecule has 7 heteroatoms. The zero-order chi connectivity index (χ0) is 16.0. The summed E-state index contributed by atoms with van der Waals surface area (Å²) in [6.07, 6.45) is 0.241. The lowest BCUT2D eigenvalue weighted by Crippen LogP contribution is -2.29. The first-order valence-corrected chi connectivity index (χ1v) is 6.50. The average Bonchev–Trinajstić information content (AvgIpc) is 2.42. The number of rotatable bonds is 7. The minimum atomic E-state index is -1.21. The summed E-state index contributed by atoms with van der Waals surface area (Å²) in [4.78, 5) is 23.3. The molecule has 0 aromatic heterocycles. The van der Waals surface area contributed by atoms with Gasteiger partial charge in [-0.1, -0.05) is 13.8 Å². The maximum absolute atomic E-state index is 11.2. The van der Waals surface area contributed by atoms with Crippen LogP contribution >= 0.6 is 0 Å². The van der Waals surface area contributed by atoms with Crippen LogP contribution in [0.5, 0.6) is 0 Å². The van der Waals surface area contributed by atoms with E-state index < -0.39 is 10.9 Å². The molecule has 1 rings (SSSR count). The van der Waals surface area contributed by atoms with E-state index in [1.165, 1.54) is 12.1 Å². The summed E-state index contributed by atoms with van der Waals surface area (Å²) < 4.78 is 0. The third kappa shape index (κ3) is 4.45. The van der Waals surface area contributed by atoms with Crippen molar-refractivity contribution in [2.45, 2.75) is 20.3 Å². The summed E-state index contributed by atoms with van der Waals surface area (Å²) in [5.41, 5.74) is -0.0438. The number of carboxylic acid groups (broad SMARTS) is 1. The number of nitro groups is 1. The van der Waals surface area contributed by atoms with Gasteiger partial charge in [-0.15, -0.1) is 0 Å². The van der Waals surface area contributed by atoms with Crippen LogP contribution in [0, 0.1) is 27.4 Å². The lowest BCUT2D eigenvalue weighted by Gasteiger charge is -2.25. The molecule has 0 unspecified atom stereocenters. The Bertz CT molecular complexity index is 578. The number of hydrogen-bond acceptors (Lipinski definition) is 5. The molecule has 0 amide bonds. The van der Waals surface area contributed by atoms with Crippen molar-refractivity contribution in [3.05, 3.63) is 33.9 Å².